The fourth-order valence-electron chi connectivity index (χ4n) is 2.38. The zero-order valence-corrected chi connectivity index (χ0v) is 10.6. The van der Waals surface area contributed by atoms with Crippen molar-refractivity contribution in [2.75, 3.05) is 0 Å². The monoisotopic (exact) mass is 228 g/mol. The van der Waals surface area contributed by atoms with E-state index in [1.165, 1.54) is 29.2 Å². The maximum Gasteiger partial charge on any atom is 0.0764 e. The van der Waals surface area contributed by atoms with Crippen molar-refractivity contribution in [2.24, 2.45) is 0 Å². The van der Waals surface area contributed by atoms with Crippen molar-refractivity contribution in [3.8, 4) is 0 Å². The maximum atomic E-state index is 9.86. The molecule has 2 aromatic rings. The SMILES string of the molecule is CCCCc1c([C@H](C)O)ccc2ccccc12. The molecule has 0 aliphatic carbocycles. The van der Waals surface area contributed by atoms with Crippen LogP contribution in [0.3, 0.4) is 0 Å². The van der Waals surface area contributed by atoms with Crippen LogP contribution in [0.5, 0.6) is 0 Å². The minimum atomic E-state index is -0.383. The lowest BCUT2D eigenvalue weighted by Crippen LogP contribution is -2.00. The Morgan fingerprint density at radius 2 is 1.88 bits per heavy atom. The Kier molecular flexibility index (Phi) is 3.80. The Morgan fingerprint density at radius 1 is 1.12 bits per heavy atom. The number of hydrogen-bond acceptors (Lipinski definition) is 1. The van der Waals surface area contributed by atoms with E-state index in [4.69, 9.17) is 0 Å². The number of aliphatic hydroxyl groups excluding tert-OH is 1. The highest BCUT2D eigenvalue weighted by molar-refractivity contribution is 5.86. The Morgan fingerprint density at radius 3 is 2.59 bits per heavy atom. The second kappa shape index (κ2) is 5.33. The molecule has 0 aromatic heterocycles. The van der Waals surface area contributed by atoms with Gasteiger partial charge < -0.3 is 5.11 Å². The minimum absolute atomic E-state index is 0.383. The van der Waals surface area contributed by atoms with Crippen molar-refractivity contribution in [1.29, 1.82) is 0 Å². The van der Waals surface area contributed by atoms with Gasteiger partial charge in [-0.2, -0.15) is 0 Å². The second-order valence-electron chi connectivity index (χ2n) is 4.63. The minimum Gasteiger partial charge on any atom is -0.389 e. The molecule has 1 heteroatoms. The van der Waals surface area contributed by atoms with E-state index in [9.17, 15) is 5.11 Å². The van der Waals surface area contributed by atoms with Crippen molar-refractivity contribution >= 4 is 10.8 Å². The second-order valence-corrected chi connectivity index (χ2v) is 4.63. The number of hydrogen-bond donors (Lipinski definition) is 1. The molecule has 0 amide bonds. The highest BCUT2D eigenvalue weighted by atomic mass is 16.3. The summed E-state index contributed by atoms with van der Waals surface area (Å²) in [6.45, 7) is 4.05. The van der Waals surface area contributed by atoms with Crippen LogP contribution < -0.4 is 0 Å². The molecule has 0 saturated carbocycles. The summed E-state index contributed by atoms with van der Waals surface area (Å²) in [5.41, 5.74) is 2.40. The van der Waals surface area contributed by atoms with Crippen molar-refractivity contribution in [3.63, 3.8) is 0 Å². The Bertz CT molecular complexity index is 500. The fourth-order valence-corrected chi connectivity index (χ4v) is 2.38. The van der Waals surface area contributed by atoms with Crippen LogP contribution in [0, 0.1) is 0 Å². The van der Waals surface area contributed by atoms with Crippen LogP contribution in [-0.4, -0.2) is 5.11 Å². The van der Waals surface area contributed by atoms with E-state index in [1.807, 2.05) is 6.92 Å². The van der Waals surface area contributed by atoms with Gasteiger partial charge in [0.15, 0.2) is 0 Å². The molecule has 1 N–H and O–H groups in total. The zero-order chi connectivity index (χ0) is 12.3. The number of benzene rings is 2. The summed E-state index contributed by atoms with van der Waals surface area (Å²) in [7, 11) is 0. The molecule has 17 heavy (non-hydrogen) atoms. The highest BCUT2D eigenvalue weighted by Crippen LogP contribution is 2.28. The van der Waals surface area contributed by atoms with Crippen molar-refractivity contribution in [2.45, 2.75) is 39.2 Å². The fraction of sp³-hybridized carbons (Fsp3) is 0.375. The smallest absolute Gasteiger partial charge is 0.0764 e. The van der Waals surface area contributed by atoms with E-state index in [0.29, 0.717) is 0 Å². The zero-order valence-electron chi connectivity index (χ0n) is 10.6. The van der Waals surface area contributed by atoms with Gasteiger partial charge in [-0.25, -0.2) is 0 Å². The Balaban J connectivity index is 2.57. The van der Waals surface area contributed by atoms with Gasteiger partial charge in [-0.3, -0.25) is 0 Å². The van der Waals surface area contributed by atoms with E-state index >= 15 is 0 Å². The first-order valence-electron chi connectivity index (χ1n) is 6.42. The molecule has 0 radical (unpaired) electrons. The molecule has 0 unspecified atom stereocenters. The Labute approximate surface area is 103 Å². The van der Waals surface area contributed by atoms with Gasteiger partial charge in [-0.15, -0.1) is 0 Å². The van der Waals surface area contributed by atoms with E-state index in [0.717, 1.165) is 12.0 Å². The first kappa shape index (κ1) is 12.1. The maximum absolute atomic E-state index is 9.86. The van der Waals surface area contributed by atoms with Crippen LogP contribution in [0.1, 0.15) is 43.9 Å². The molecule has 0 fully saturated rings. The molecule has 0 saturated heterocycles. The number of rotatable bonds is 4. The summed E-state index contributed by atoms with van der Waals surface area (Å²) < 4.78 is 0. The number of fused-ring (bicyclic) bond motifs is 1. The Hall–Kier alpha value is -1.34. The van der Waals surface area contributed by atoms with Gasteiger partial charge in [-0.1, -0.05) is 49.7 Å². The van der Waals surface area contributed by atoms with Crippen molar-refractivity contribution < 1.29 is 5.11 Å². The van der Waals surface area contributed by atoms with E-state index < -0.39 is 0 Å². The van der Waals surface area contributed by atoms with Crippen LogP contribution in [-0.2, 0) is 6.42 Å². The third kappa shape index (κ3) is 2.50. The molecule has 0 spiro atoms. The largest absolute Gasteiger partial charge is 0.389 e. The molecule has 2 rings (SSSR count). The molecule has 1 atom stereocenters. The summed E-state index contributed by atoms with van der Waals surface area (Å²) in [6.07, 6.45) is 3.03. The normalized spacial score (nSPS) is 12.9. The van der Waals surface area contributed by atoms with Crippen molar-refractivity contribution in [1.82, 2.24) is 0 Å². The van der Waals surface area contributed by atoms with E-state index in [2.05, 4.69) is 43.3 Å². The summed E-state index contributed by atoms with van der Waals surface area (Å²) in [6, 6.07) is 12.6. The van der Waals surface area contributed by atoms with Gasteiger partial charge in [-0.05, 0) is 41.7 Å². The third-order valence-electron chi connectivity index (χ3n) is 3.31. The van der Waals surface area contributed by atoms with Gasteiger partial charge in [0.25, 0.3) is 0 Å². The molecule has 0 heterocycles. The van der Waals surface area contributed by atoms with Gasteiger partial charge in [0.05, 0.1) is 6.10 Å². The standard InChI is InChI=1S/C16H20O/c1-3-4-8-16-14(12(2)17)11-10-13-7-5-6-9-15(13)16/h5-7,9-12,17H,3-4,8H2,1-2H3/t12-/m0/s1. The van der Waals surface area contributed by atoms with Crippen LogP contribution in [0.15, 0.2) is 36.4 Å². The summed E-state index contributed by atoms with van der Waals surface area (Å²) >= 11 is 0. The third-order valence-corrected chi connectivity index (χ3v) is 3.31. The first-order chi connectivity index (χ1) is 8.24. The van der Waals surface area contributed by atoms with Crippen LogP contribution in [0.25, 0.3) is 10.8 Å². The molecule has 1 nitrogen and oxygen atoms in total. The molecular weight excluding hydrogens is 208 g/mol. The van der Waals surface area contributed by atoms with Gasteiger partial charge in [0.2, 0.25) is 0 Å². The molecular formula is C16H20O. The summed E-state index contributed by atoms with van der Waals surface area (Å²) in [4.78, 5) is 0. The van der Waals surface area contributed by atoms with E-state index in [-0.39, 0.29) is 6.10 Å². The summed E-state index contributed by atoms with van der Waals surface area (Å²) in [5.74, 6) is 0. The lowest BCUT2D eigenvalue weighted by atomic mass is 9.93. The first-order valence-corrected chi connectivity index (χ1v) is 6.42. The highest BCUT2D eigenvalue weighted by Gasteiger charge is 2.10. The molecule has 0 bridgehead atoms. The molecule has 0 aliphatic heterocycles. The van der Waals surface area contributed by atoms with Crippen molar-refractivity contribution in [3.05, 3.63) is 47.5 Å². The van der Waals surface area contributed by atoms with E-state index in [1.54, 1.807) is 0 Å². The van der Waals surface area contributed by atoms with Gasteiger partial charge in [0.1, 0.15) is 0 Å². The lowest BCUT2D eigenvalue weighted by Gasteiger charge is -2.15. The van der Waals surface area contributed by atoms with Gasteiger partial charge in [0, 0.05) is 0 Å². The average Bonchev–Trinajstić information content (AvgIpc) is 2.35. The van der Waals surface area contributed by atoms with Crippen LogP contribution >= 0.6 is 0 Å². The van der Waals surface area contributed by atoms with Crippen LogP contribution in [0.4, 0.5) is 0 Å². The number of unbranched alkanes of at least 4 members (excludes halogenated alkanes) is 1. The topological polar surface area (TPSA) is 20.2 Å². The molecule has 2 aromatic carbocycles. The lowest BCUT2D eigenvalue weighted by molar-refractivity contribution is 0.198. The van der Waals surface area contributed by atoms with Gasteiger partial charge >= 0.3 is 0 Å². The quantitative estimate of drug-likeness (QED) is 0.830. The number of aryl methyl sites for hydroxylation is 1. The average molecular weight is 228 g/mol. The predicted octanol–water partition coefficient (Wildman–Crippen LogP) is 4.24. The molecule has 0 aliphatic rings. The number of aliphatic hydroxyl groups is 1. The van der Waals surface area contributed by atoms with Crippen LogP contribution in [0.2, 0.25) is 0 Å². The predicted molar refractivity (Wildman–Crippen MR) is 73.2 cm³/mol. The summed E-state index contributed by atoms with van der Waals surface area (Å²) in [5, 5.41) is 12.4. The molecule has 90 valence electrons.